The molecule has 0 aliphatic carbocycles. The van der Waals surface area contributed by atoms with Gasteiger partial charge in [-0.25, -0.2) is 15.0 Å². The van der Waals surface area contributed by atoms with E-state index in [0.29, 0.717) is 16.7 Å². The number of nitrogens with zero attached hydrogens (tertiary/aromatic N) is 3. The van der Waals surface area contributed by atoms with Gasteiger partial charge in [0.05, 0.1) is 15.8 Å². The summed E-state index contributed by atoms with van der Waals surface area (Å²) in [4.78, 5) is 25.3. The van der Waals surface area contributed by atoms with Crippen molar-refractivity contribution in [3.8, 4) is 0 Å². The van der Waals surface area contributed by atoms with Crippen molar-refractivity contribution >= 4 is 46.0 Å². The predicted molar refractivity (Wildman–Crippen MR) is 97.5 cm³/mol. The van der Waals surface area contributed by atoms with E-state index in [9.17, 15) is 4.79 Å². The van der Waals surface area contributed by atoms with Gasteiger partial charge in [0.15, 0.2) is 0 Å². The fourth-order valence-electron chi connectivity index (χ4n) is 2.15. The predicted octanol–water partition coefficient (Wildman–Crippen LogP) is 4.11. The van der Waals surface area contributed by atoms with Crippen molar-refractivity contribution in [1.29, 1.82) is 0 Å². The first-order valence-corrected chi connectivity index (χ1v) is 8.61. The zero-order valence-corrected chi connectivity index (χ0v) is 14.7. The summed E-state index contributed by atoms with van der Waals surface area (Å²) >= 11 is 7.20. The van der Waals surface area contributed by atoms with Crippen molar-refractivity contribution in [3.05, 3.63) is 53.4 Å². The van der Waals surface area contributed by atoms with Gasteiger partial charge in [-0.15, -0.1) is 0 Å². The highest BCUT2D eigenvalue weighted by Crippen LogP contribution is 2.29. The molecule has 2 heterocycles. The lowest BCUT2D eigenvalue weighted by atomic mass is 10.2. The smallest absolute Gasteiger partial charge is 0.238 e. The molecule has 24 heavy (non-hydrogen) atoms. The van der Waals surface area contributed by atoms with E-state index >= 15 is 0 Å². The number of benzene rings is 1. The van der Waals surface area contributed by atoms with Crippen molar-refractivity contribution < 1.29 is 4.79 Å². The van der Waals surface area contributed by atoms with Crippen LogP contribution < -0.4 is 5.32 Å². The molecule has 7 heteroatoms. The number of carbonyl (C=O) groups excluding carboxylic acids is 1. The second-order valence-electron chi connectivity index (χ2n) is 5.20. The Morgan fingerprint density at radius 2 is 2.00 bits per heavy atom. The largest absolute Gasteiger partial charge is 0.310 e. The SMILES string of the molecule is Cc1nc(SC(C)C(=O)Nc2ccc(Cl)cn2)c2ccccc2n1. The van der Waals surface area contributed by atoms with Crippen molar-refractivity contribution in [2.75, 3.05) is 5.32 Å². The third-order valence-electron chi connectivity index (χ3n) is 3.32. The normalized spacial score (nSPS) is 12.1. The van der Waals surface area contributed by atoms with Gasteiger partial charge in [-0.1, -0.05) is 41.6 Å². The second kappa shape index (κ2) is 7.15. The summed E-state index contributed by atoms with van der Waals surface area (Å²) in [6.07, 6.45) is 1.50. The van der Waals surface area contributed by atoms with Gasteiger partial charge in [0.2, 0.25) is 5.91 Å². The molecule has 0 spiro atoms. The van der Waals surface area contributed by atoms with Gasteiger partial charge in [-0.2, -0.15) is 0 Å². The summed E-state index contributed by atoms with van der Waals surface area (Å²) in [7, 11) is 0. The molecule has 0 fully saturated rings. The van der Waals surface area contributed by atoms with Crippen molar-refractivity contribution in [3.63, 3.8) is 0 Å². The molecule has 1 amide bonds. The molecule has 1 atom stereocenters. The lowest BCUT2D eigenvalue weighted by Crippen LogP contribution is -2.23. The molecule has 0 aliphatic rings. The lowest BCUT2D eigenvalue weighted by molar-refractivity contribution is -0.115. The van der Waals surface area contributed by atoms with E-state index in [1.54, 1.807) is 12.1 Å². The first-order valence-electron chi connectivity index (χ1n) is 7.35. The number of thioether (sulfide) groups is 1. The number of para-hydroxylation sites is 1. The third kappa shape index (κ3) is 3.83. The number of amides is 1. The van der Waals surface area contributed by atoms with E-state index in [4.69, 9.17) is 11.6 Å². The maximum Gasteiger partial charge on any atom is 0.238 e. The number of nitrogens with one attached hydrogen (secondary N) is 1. The number of carbonyl (C=O) groups is 1. The number of aromatic nitrogens is 3. The third-order valence-corrected chi connectivity index (χ3v) is 4.64. The number of fused-ring (bicyclic) bond motifs is 1. The zero-order chi connectivity index (χ0) is 17.1. The highest BCUT2D eigenvalue weighted by atomic mass is 35.5. The summed E-state index contributed by atoms with van der Waals surface area (Å²) in [5, 5.41) is 4.71. The molecule has 1 unspecified atom stereocenters. The average Bonchev–Trinajstić information content (AvgIpc) is 2.56. The average molecular weight is 359 g/mol. The highest BCUT2D eigenvalue weighted by Gasteiger charge is 2.18. The Kier molecular flexibility index (Phi) is 4.97. The van der Waals surface area contributed by atoms with Crippen LogP contribution in [0, 0.1) is 6.92 Å². The van der Waals surface area contributed by atoms with Crippen LogP contribution in [-0.2, 0) is 4.79 Å². The monoisotopic (exact) mass is 358 g/mol. The first kappa shape index (κ1) is 16.7. The molecule has 5 nitrogen and oxygen atoms in total. The minimum Gasteiger partial charge on any atom is -0.310 e. The Morgan fingerprint density at radius 1 is 1.21 bits per heavy atom. The van der Waals surface area contributed by atoms with Crippen LogP contribution in [-0.4, -0.2) is 26.1 Å². The van der Waals surface area contributed by atoms with Gasteiger partial charge >= 0.3 is 0 Å². The molecule has 0 aliphatic heterocycles. The molecule has 122 valence electrons. The van der Waals surface area contributed by atoms with Gasteiger partial charge in [0.1, 0.15) is 16.7 Å². The second-order valence-corrected chi connectivity index (χ2v) is 6.97. The number of pyridine rings is 1. The zero-order valence-electron chi connectivity index (χ0n) is 13.2. The van der Waals surface area contributed by atoms with Crippen LogP contribution in [0.5, 0.6) is 0 Å². The van der Waals surface area contributed by atoms with Crippen LogP contribution in [0.1, 0.15) is 12.7 Å². The van der Waals surface area contributed by atoms with E-state index in [0.717, 1.165) is 15.9 Å². The molecule has 3 aromatic rings. The van der Waals surface area contributed by atoms with Gasteiger partial charge in [-0.05, 0) is 32.0 Å². The Balaban J connectivity index is 1.78. The van der Waals surface area contributed by atoms with Gasteiger partial charge < -0.3 is 5.32 Å². The number of halogens is 1. The minimum atomic E-state index is -0.333. The lowest BCUT2D eigenvalue weighted by Gasteiger charge is -2.12. The van der Waals surface area contributed by atoms with Gasteiger partial charge in [-0.3, -0.25) is 4.79 Å². The van der Waals surface area contributed by atoms with Crippen molar-refractivity contribution in [2.24, 2.45) is 0 Å². The minimum absolute atomic E-state index is 0.143. The number of rotatable bonds is 4. The molecular formula is C17H15ClN4OS. The molecule has 0 bridgehead atoms. The molecular weight excluding hydrogens is 344 g/mol. The Bertz CT molecular complexity index is 885. The summed E-state index contributed by atoms with van der Waals surface area (Å²) in [5.41, 5.74) is 0.875. The fourth-order valence-corrected chi connectivity index (χ4v) is 3.24. The number of aryl methyl sites for hydroxylation is 1. The molecule has 0 saturated heterocycles. The van der Waals surface area contributed by atoms with Gasteiger partial charge in [0.25, 0.3) is 0 Å². The van der Waals surface area contributed by atoms with Crippen molar-refractivity contribution in [1.82, 2.24) is 15.0 Å². The van der Waals surface area contributed by atoms with Crippen LogP contribution in [0.2, 0.25) is 5.02 Å². The van der Waals surface area contributed by atoms with E-state index in [1.807, 2.05) is 38.1 Å². The molecule has 0 radical (unpaired) electrons. The number of hydrogen-bond donors (Lipinski definition) is 1. The summed E-state index contributed by atoms with van der Waals surface area (Å²) in [6.45, 7) is 3.68. The molecule has 2 aromatic heterocycles. The van der Waals surface area contributed by atoms with E-state index < -0.39 is 0 Å². The van der Waals surface area contributed by atoms with E-state index in [-0.39, 0.29) is 11.2 Å². The van der Waals surface area contributed by atoms with Crippen LogP contribution in [0.25, 0.3) is 10.9 Å². The number of hydrogen-bond acceptors (Lipinski definition) is 5. The van der Waals surface area contributed by atoms with Crippen LogP contribution in [0.4, 0.5) is 5.82 Å². The summed E-state index contributed by atoms with van der Waals surface area (Å²) in [5.74, 6) is 1.01. The highest BCUT2D eigenvalue weighted by molar-refractivity contribution is 8.00. The molecule has 0 saturated carbocycles. The quantitative estimate of drug-likeness (QED) is 0.561. The maximum absolute atomic E-state index is 12.4. The maximum atomic E-state index is 12.4. The first-order chi connectivity index (χ1) is 11.5. The van der Waals surface area contributed by atoms with Crippen molar-refractivity contribution in [2.45, 2.75) is 24.1 Å². The van der Waals surface area contributed by atoms with E-state index in [1.165, 1.54) is 18.0 Å². The number of anilines is 1. The Labute approximate surface area is 148 Å². The summed E-state index contributed by atoms with van der Waals surface area (Å²) in [6, 6.07) is 11.1. The van der Waals surface area contributed by atoms with E-state index in [2.05, 4.69) is 20.3 Å². The molecule has 1 N–H and O–H groups in total. The Morgan fingerprint density at radius 3 is 2.75 bits per heavy atom. The molecule has 1 aromatic carbocycles. The molecule has 3 rings (SSSR count). The van der Waals surface area contributed by atoms with Gasteiger partial charge in [0, 0.05) is 11.6 Å². The fraction of sp³-hybridized carbons (Fsp3) is 0.176. The van der Waals surface area contributed by atoms with Crippen LogP contribution in [0.3, 0.4) is 0 Å². The van der Waals surface area contributed by atoms with Crippen LogP contribution in [0.15, 0.2) is 47.6 Å². The Hall–Kier alpha value is -2.18. The topological polar surface area (TPSA) is 67.8 Å². The van der Waals surface area contributed by atoms with Crippen LogP contribution >= 0.6 is 23.4 Å². The summed E-state index contributed by atoms with van der Waals surface area (Å²) < 4.78 is 0. The standard InChI is InChI=1S/C17H15ClN4OS/c1-10(16(23)22-15-8-7-12(18)9-19-15)24-17-13-5-3-4-6-14(13)20-11(2)21-17/h3-10H,1-2H3,(H,19,22,23).